The zero-order valence-electron chi connectivity index (χ0n) is 14.6. The van der Waals surface area contributed by atoms with E-state index in [1.807, 2.05) is 32.9 Å². The molecule has 1 heterocycles. The van der Waals surface area contributed by atoms with Crippen LogP contribution in [0, 0.1) is 5.41 Å². The zero-order chi connectivity index (χ0) is 18.8. The molecule has 0 aromatic heterocycles. The van der Waals surface area contributed by atoms with Crippen molar-refractivity contribution in [2.75, 3.05) is 31.1 Å². The summed E-state index contributed by atoms with van der Waals surface area (Å²) in [6, 6.07) is 4.69. The van der Waals surface area contributed by atoms with Gasteiger partial charge in [0.15, 0.2) is 0 Å². The number of carbonyl (C=O) groups is 2. The van der Waals surface area contributed by atoms with Crippen molar-refractivity contribution in [1.82, 2.24) is 10.2 Å². The van der Waals surface area contributed by atoms with Crippen molar-refractivity contribution in [1.29, 1.82) is 0 Å². The minimum Gasteiger partial charge on any atom is -0.465 e. The van der Waals surface area contributed by atoms with Crippen LogP contribution in [-0.4, -0.2) is 54.2 Å². The topological polar surface area (TPSA) is 72.9 Å². The van der Waals surface area contributed by atoms with Gasteiger partial charge in [-0.05, 0) is 23.6 Å². The van der Waals surface area contributed by atoms with E-state index in [1.54, 1.807) is 11.0 Å². The third kappa shape index (κ3) is 4.92. The average molecular weight is 388 g/mol. The maximum atomic E-state index is 12.8. The summed E-state index contributed by atoms with van der Waals surface area (Å²) in [6.45, 7) is 7.87. The van der Waals surface area contributed by atoms with Crippen molar-refractivity contribution >= 4 is 40.9 Å². The molecule has 2 amide bonds. The van der Waals surface area contributed by atoms with E-state index in [-0.39, 0.29) is 5.91 Å². The van der Waals surface area contributed by atoms with E-state index in [0.29, 0.717) is 36.2 Å². The molecule has 1 atom stereocenters. The SMILES string of the molecule is CC(C)(C)[C@@H](NC(=O)O)C(=O)N1CCN(c2ccc(Cl)c(Cl)c2)CC1. The minimum absolute atomic E-state index is 0.191. The Morgan fingerprint density at radius 2 is 1.72 bits per heavy atom. The summed E-state index contributed by atoms with van der Waals surface area (Å²) in [6.07, 6.45) is -1.19. The molecule has 0 saturated carbocycles. The standard InChI is InChI=1S/C17H23Cl2N3O3/c1-17(2,3)14(20-16(24)25)15(23)22-8-6-21(7-9-22)11-4-5-12(18)13(19)10-11/h4-5,10,14,20H,6-9H2,1-3H3,(H,24,25)/t14-/m0/s1. The number of benzene rings is 1. The fourth-order valence-corrected chi connectivity index (χ4v) is 3.11. The Morgan fingerprint density at radius 1 is 1.12 bits per heavy atom. The molecular weight excluding hydrogens is 365 g/mol. The lowest BCUT2D eigenvalue weighted by molar-refractivity contribution is -0.136. The van der Waals surface area contributed by atoms with Crippen LogP contribution in [0.4, 0.5) is 10.5 Å². The van der Waals surface area contributed by atoms with Gasteiger partial charge in [0.1, 0.15) is 6.04 Å². The molecule has 6 nitrogen and oxygen atoms in total. The second-order valence-electron chi connectivity index (χ2n) is 7.16. The van der Waals surface area contributed by atoms with E-state index >= 15 is 0 Å². The van der Waals surface area contributed by atoms with Gasteiger partial charge in [0.2, 0.25) is 5.91 Å². The average Bonchev–Trinajstić information content (AvgIpc) is 2.53. The molecule has 1 aromatic rings. The summed E-state index contributed by atoms with van der Waals surface area (Å²) in [5.74, 6) is -0.191. The molecule has 0 radical (unpaired) electrons. The molecule has 0 aliphatic carbocycles. The van der Waals surface area contributed by atoms with Gasteiger partial charge in [0, 0.05) is 31.9 Å². The first-order chi connectivity index (χ1) is 11.6. The van der Waals surface area contributed by atoms with Crippen molar-refractivity contribution in [3.05, 3.63) is 28.2 Å². The van der Waals surface area contributed by atoms with Gasteiger partial charge in [-0.25, -0.2) is 4.79 Å². The highest BCUT2D eigenvalue weighted by Crippen LogP contribution is 2.28. The highest BCUT2D eigenvalue weighted by molar-refractivity contribution is 6.42. The Morgan fingerprint density at radius 3 is 2.20 bits per heavy atom. The van der Waals surface area contributed by atoms with Crippen molar-refractivity contribution < 1.29 is 14.7 Å². The van der Waals surface area contributed by atoms with Gasteiger partial charge in [-0.15, -0.1) is 0 Å². The van der Waals surface area contributed by atoms with Crippen LogP contribution in [0.15, 0.2) is 18.2 Å². The van der Waals surface area contributed by atoms with Crippen molar-refractivity contribution in [3.63, 3.8) is 0 Å². The molecule has 0 spiro atoms. The van der Waals surface area contributed by atoms with Crippen molar-refractivity contribution in [2.45, 2.75) is 26.8 Å². The lowest BCUT2D eigenvalue weighted by Crippen LogP contribution is -2.58. The van der Waals surface area contributed by atoms with Crippen LogP contribution in [0.3, 0.4) is 0 Å². The van der Waals surface area contributed by atoms with Gasteiger partial charge in [-0.2, -0.15) is 0 Å². The first kappa shape index (κ1) is 19.7. The number of carboxylic acid groups (broad SMARTS) is 1. The molecule has 1 aliphatic heterocycles. The molecule has 1 fully saturated rings. The van der Waals surface area contributed by atoms with Gasteiger partial charge < -0.3 is 20.2 Å². The van der Waals surface area contributed by atoms with Gasteiger partial charge in [-0.1, -0.05) is 44.0 Å². The molecule has 0 unspecified atom stereocenters. The molecule has 1 saturated heterocycles. The van der Waals surface area contributed by atoms with Gasteiger partial charge in [0.05, 0.1) is 10.0 Å². The van der Waals surface area contributed by atoms with Crippen LogP contribution in [0.25, 0.3) is 0 Å². The number of nitrogens with zero attached hydrogens (tertiary/aromatic N) is 2. The number of carbonyl (C=O) groups excluding carboxylic acids is 1. The number of rotatable bonds is 3. The smallest absolute Gasteiger partial charge is 0.405 e. The summed E-state index contributed by atoms with van der Waals surface area (Å²) >= 11 is 12.0. The monoisotopic (exact) mass is 387 g/mol. The highest BCUT2D eigenvalue weighted by atomic mass is 35.5. The van der Waals surface area contributed by atoms with Crippen LogP contribution >= 0.6 is 23.2 Å². The number of piperazine rings is 1. The molecular formula is C17H23Cl2N3O3. The maximum absolute atomic E-state index is 12.8. The number of halogens is 2. The van der Waals surface area contributed by atoms with Crippen LogP contribution < -0.4 is 10.2 Å². The Kier molecular flexibility index (Phi) is 6.06. The molecule has 1 aliphatic rings. The highest BCUT2D eigenvalue weighted by Gasteiger charge is 2.36. The predicted octanol–water partition coefficient (Wildman–Crippen LogP) is 3.32. The Balaban J connectivity index is 2.03. The number of nitrogens with one attached hydrogen (secondary N) is 1. The van der Waals surface area contributed by atoms with E-state index in [0.717, 1.165) is 5.69 Å². The van der Waals surface area contributed by atoms with Crippen LogP contribution in [-0.2, 0) is 4.79 Å². The molecule has 0 bridgehead atoms. The van der Waals surface area contributed by atoms with E-state index < -0.39 is 17.6 Å². The predicted molar refractivity (Wildman–Crippen MR) is 99.7 cm³/mol. The molecule has 138 valence electrons. The number of anilines is 1. The quantitative estimate of drug-likeness (QED) is 0.833. The summed E-state index contributed by atoms with van der Waals surface area (Å²) in [5.41, 5.74) is 0.452. The zero-order valence-corrected chi connectivity index (χ0v) is 16.1. The van der Waals surface area contributed by atoms with Crippen molar-refractivity contribution in [3.8, 4) is 0 Å². The van der Waals surface area contributed by atoms with Gasteiger partial charge >= 0.3 is 6.09 Å². The maximum Gasteiger partial charge on any atom is 0.405 e. The first-order valence-electron chi connectivity index (χ1n) is 8.08. The Bertz CT molecular complexity index is 653. The number of hydrogen-bond acceptors (Lipinski definition) is 3. The van der Waals surface area contributed by atoms with Gasteiger partial charge in [0.25, 0.3) is 0 Å². The normalized spacial score (nSPS) is 16.5. The molecule has 1 aromatic carbocycles. The molecule has 8 heteroatoms. The van der Waals surface area contributed by atoms with E-state index in [4.69, 9.17) is 28.3 Å². The van der Waals surface area contributed by atoms with E-state index in [9.17, 15) is 9.59 Å². The number of hydrogen-bond donors (Lipinski definition) is 2. The van der Waals surface area contributed by atoms with Gasteiger partial charge in [-0.3, -0.25) is 4.79 Å². The number of amides is 2. The van der Waals surface area contributed by atoms with Crippen LogP contribution in [0.1, 0.15) is 20.8 Å². The van der Waals surface area contributed by atoms with E-state index in [1.165, 1.54) is 0 Å². The largest absolute Gasteiger partial charge is 0.465 e. The fraction of sp³-hybridized carbons (Fsp3) is 0.529. The van der Waals surface area contributed by atoms with Crippen molar-refractivity contribution in [2.24, 2.45) is 5.41 Å². The second-order valence-corrected chi connectivity index (χ2v) is 7.97. The lowest BCUT2D eigenvalue weighted by Gasteiger charge is -2.40. The Hall–Kier alpha value is -1.66. The summed E-state index contributed by atoms with van der Waals surface area (Å²) in [4.78, 5) is 27.6. The summed E-state index contributed by atoms with van der Waals surface area (Å²) < 4.78 is 0. The summed E-state index contributed by atoms with van der Waals surface area (Å²) in [5, 5.41) is 12.4. The van der Waals surface area contributed by atoms with Crippen LogP contribution in [0.2, 0.25) is 10.0 Å². The van der Waals surface area contributed by atoms with E-state index in [2.05, 4.69) is 10.2 Å². The molecule has 2 N–H and O–H groups in total. The second kappa shape index (κ2) is 7.70. The fourth-order valence-electron chi connectivity index (χ4n) is 2.82. The third-order valence-corrected chi connectivity index (χ3v) is 4.98. The third-order valence-electron chi connectivity index (χ3n) is 4.24. The molecule has 2 rings (SSSR count). The first-order valence-corrected chi connectivity index (χ1v) is 8.83. The summed E-state index contributed by atoms with van der Waals surface area (Å²) in [7, 11) is 0. The lowest BCUT2D eigenvalue weighted by atomic mass is 9.85. The molecule has 25 heavy (non-hydrogen) atoms. The van der Waals surface area contributed by atoms with Crippen LogP contribution in [0.5, 0.6) is 0 Å². The minimum atomic E-state index is -1.19. The Labute approximate surface area is 157 Å².